The molecule has 0 bridgehead atoms. The van der Waals surface area contributed by atoms with Gasteiger partial charge in [0, 0.05) is 13.1 Å². The molecule has 0 amide bonds. The summed E-state index contributed by atoms with van der Waals surface area (Å²) in [5.74, 6) is 0.710. The number of aromatic nitrogens is 3. The number of nitrogen functional groups attached to an aromatic ring is 1. The topological polar surface area (TPSA) is 114 Å². The molecule has 1 aliphatic heterocycles. The van der Waals surface area contributed by atoms with Crippen LogP contribution >= 0.6 is 0 Å². The van der Waals surface area contributed by atoms with Crippen LogP contribution in [0.5, 0.6) is 0 Å². The molecule has 1 aliphatic rings. The Balaban J connectivity index is 1.83. The average molecular weight is 416 g/mol. The van der Waals surface area contributed by atoms with Crippen LogP contribution < -0.4 is 10.6 Å². The first-order valence-electron chi connectivity index (χ1n) is 9.73. The third-order valence-electron chi connectivity index (χ3n) is 5.71. The number of nitrogens with zero attached hydrogens (tertiary/aromatic N) is 3. The van der Waals surface area contributed by atoms with Gasteiger partial charge in [0.15, 0.2) is 5.82 Å². The van der Waals surface area contributed by atoms with Crippen LogP contribution in [0.3, 0.4) is 0 Å². The summed E-state index contributed by atoms with van der Waals surface area (Å²) >= 11 is 0. The number of anilines is 2. The molecule has 0 saturated carbocycles. The Kier molecular flexibility index (Phi) is 4.95. The molecule has 0 spiro atoms. The first kappa shape index (κ1) is 19.7. The number of hydrogen-bond acceptors (Lipinski definition) is 7. The van der Waals surface area contributed by atoms with Crippen LogP contribution in [0.15, 0.2) is 46.5 Å². The largest absolute Gasteiger partial charge is 0.384 e. The SMILES string of the molecule is CCC1(CC)CN(c2ncnc3c(S(=O)(=O)c4ccccc4)c(N)[nH]c23)CCO1. The maximum Gasteiger partial charge on any atom is 0.212 e. The van der Waals surface area contributed by atoms with E-state index >= 15 is 0 Å². The molecule has 4 rings (SSSR count). The van der Waals surface area contributed by atoms with Gasteiger partial charge in [-0.05, 0) is 25.0 Å². The fourth-order valence-corrected chi connectivity index (χ4v) is 5.42. The van der Waals surface area contributed by atoms with Crippen molar-refractivity contribution in [1.82, 2.24) is 15.0 Å². The van der Waals surface area contributed by atoms with E-state index < -0.39 is 9.84 Å². The lowest BCUT2D eigenvalue weighted by Crippen LogP contribution is -2.51. The van der Waals surface area contributed by atoms with Crippen molar-refractivity contribution >= 4 is 32.5 Å². The second-order valence-corrected chi connectivity index (χ2v) is 9.15. The molecule has 0 radical (unpaired) electrons. The van der Waals surface area contributed by atoms with Crippen LogP contribution in [-0.2, 0) is 14.6 Å². The summed E-state index contributed by atoms with van der Waals surface area (Å²) in [6, 6.07) is 8.23. The summed E-state index contributed by atoms with van der Waals surface area (Å²) in [7, 11) is -3.82. The molecule has 0 unspecified atom stereocenters. The molecule has 29 heavy (non-hydrogen) atoms. The van der Waals surface area contributed by atoms with Crippen molar-refractivity contribution in [2.24, 2.45) is 0 Å². The highest BCUT2D eigenvalue weighted by atomic mass is 32.2. The Bertz CT molecular complexity index is 1120. The minimum absolute atomic E-state index is 0.00662. The number of nitrogens with two attached hydrogens (primary N) is 1. The van der Waals surface area contributed by atoms with Gasteiger partial charge >= 0.3 is 0 Å². The summed E-state index contributed by atoms with van der Waals surface area (Å²) < 4.78 is 32.5. The molecular formula is C20H25N5O3S. The molecule has 154 valence electrons. The van der Waals surface area contributed by atoms with Crippen molar-refractivity contribution in [2.75, 3.05) is 30.3 Å². The van der Waals surface area contributed by atoms with Crippen molar-refractivity contribution in [3.05, 3.63) is 36.7 Å². The van der Waals surface area contributed by atoms with Gasteiger partial charge in [0.1, 0.15) is 28.1 Å². The van der Waals surface area contributed by atoms with Gasteiger partial charge in [-0.15, -0.1) is 0 Å². The fraction of sp³-hybridized carbons (Fsp3) is 0.400. The highest BCUT2D eigenvalue weighted by molar-refractivity contribution is 7.92. The lowest BCUT2D eigenvalue weighted by Gasteiger charge is -2.42. The lowest BCUT2D eigenvalue weighted by molar-refractivity contribution is -0.0606. The standard InChI is InChI=1S/C20H25N5O3S/c1-3-20(4-2)12-25(10-11-28-20)19-16-15(22-13-23-19)17(18(21)24-16)29(26,27)14-8-6-5-7-9-14/h5-9,13,24H,3-4,10-12,21H2,1-2H3. The average Bonchev–Trinajstić information content (AvgIpc) is 3.10. The predicted molar refractivity (Wildman–Crippen MR) is 112 cm³/mol. The van der Waals surface area contributed by atoms with E-state index in [1.165, 1.54) is 6.33 Å². The summed E-state index contributed by atoms with van der Waals surface area (Å²) in [6.45, 7) is 6.14. The van der Waals surface area contributed by atoms with Crippen molar-refractivity contribution in [3.8, 4) is 0 Å². The Morgan fingerprint density at radius 1 is 1.21 bits per heavy atom. The smallest absolute Gasteiger partial charge is 0.212 e. The Labute approximate surface area is 170 Å². The Morgan fingerprint density at radius 3 is 2.62 bits per heavy atom. The molecular weight excluding hydrogens is 390 g/mol. The zero-order valence-electron chi connectivity index (χ0n) is 16.6. The van der Waals surface area contributed by atoms with Crippen LogP contribution in [0.1, 0.15) is 26.7 Å². The molecule has 8 nitrogen and oxygen atoms in total. The molecule has 1 aromatic carbocycles. The number of ether oxygens (including phenoxy) is 1. The number of aromatic amines is 1. The van der Waals surface area contributed by atoms with Gasteiger partial charge in [-0.3, -0.25) is 0 Å². The van der Waals surface area contributed by atoms with E-state index in [4.69, 9.17) is 10.5 Å². The Morgan fingerprint density at radius 2 is 1.93 bits per heavy atom. The zero-order valence-corrected chi connectivity index (χ0v) is 17.4. The summed E-state index contributed by atoms with van der Waals surface area (Å²) in [4.78, 5) is 14.0. The van der Waals surface area contributed by atoms with Crippen molar-refractivity contribution in [1.29, 1.82) is 0 Å². The van der Waals surface area contributed by atoms with Gasteiger partial charge in [0.25, 0.3) is 0 Å². The van der Waals surface area contributed by atoms with Crippen molar-refractivity contribution in [3.63, 3.8) is 0 Å². The van der Waals surface area contributed by atoms with E-state index in [0.29, 0.717) is 36.5 Å². The first-order valence-corrected chi connectivity index (χ1v) is 11.2. The fourth-order valence-electron chi connectivity index (χ4n) is 3.92. The van der Waals surface area contributed by atoms with Gasteiger partial charge in [-0.2, -0.15) is 0 Å². The molecule has 0 atom stereocenters. The van der Waals surface area contributed by atoms with Gasteiger partial charge in [0.05, 0.1) is 17.1 Å². The summed E-state index contributed by atoms with van der Waals surface area (Å²) in [5.41, 5.74) is 6.73. The molecule has 9 heteroatoms. The zero-order chi connectivity index (χ0) is 20.6. The molecule has 3 aromatic rings. The summed E-state index contributed by atoms with van der Waals surface area (Å²) in [6.07, 6.45) is 3.16. The Hall–Kier alpha value is -2.65. The highest BCUT2D eigenvalue weighted by Gasteiger charge is 2.35. The monoisotopic (exact) mass is 415 g/mol. The maximum absolute atomic E-state index is 13.2. The first-order chi connectivity index (χ1) is 13.9. The van der Waals surface area contributed by atoms with Gasteiger partial charge < -0.3 is 20.4 Å². The number of nitrogens with one attached hydrogen (secondary N) is 1. The second-order valence-electron chi connectivity index (χ2n) is 7.27. The van der Waals surface area contributed by atoms with Gasteiger partial charge in [0.2, 0.25) is 9.84 Å². The van der Waals surface area contributed by atoms with Crippen LogP contribution in [0.25, 0.3) is 11.0 Å². The van der Waals surface area contributed by atoms with Crippen molar-refractivity contribution < 1.29 is 13.2 Å². The van der Waals surface area contributed by atoms with E-state index in [1.54, 1.807) is 30.3 Å². The van der Waals surface area contributed by atoms with Crippen molar-refractivity contribution in [2.45, 2.75) is 42.1 Å². The lowest BCUT2D eigenvalue weighted by atomic mass is 9.95. The molecule has 0 aliphatic carbocycles. The van der Waals surface area contributed by atoms with Crippen LogP contribution in [0.2, 0.25) is 0 Å². The van der Waals surface area contributed by atoms with Crippen LogP contribution in [0.4, 0.5) is 11.6 Å². The number of H-pyrrole nitrogens is 1. The van der Waals surface area contributed by atoms with Gasteiger partial charge in [-0.1, -0.05) is 32.0 Å². The molecule has 3 heterocycles. The third-order valence-corrected chi connectivity index (χ3v) is 7.55. The number of rotatable bonds is 5. The van der Waals surface area contributed by atoms with E-state index in [2.05, 4.69) is 33.7 Å². The van der Waals surface area contributed by atoms with E-state index in [1.807, 2.05) is 0 Å². The molecule has 2 aromatic heterocycles. The van der Waals surface area contributed by atoms with E-state index in [9.17, 15) is 8.42 Å². The number of hydrogen-bond donors (Lipinski definition) is 2. The number of morpholine rings is 1. The van der Waals surface area contributed by atoms with Gasteiger partial charge in [-0.25, -0.2) is 18.4 Å². The van der Waals surface area contributed by atoms with Crippen LogP contribution in [-0.4, -0.2) is 48.7 Å². The quantitative estimate of drug-likeness (QED) is 0.658. The number of sulfone groups is 1. The van der Waals surface area contributed by atoms with E-state index in [0.717, 1.165) is 12.8 Å². The minimum Gasteiger partial charge on any atom is -0.384 e. The highest BCUT2D eigenvalue weighted by Crippen LogP contribution is 2.36. The number of benzene rings is 1. The second kappa shape index (κ2) is 7.31. The minimum atomic E-state index is -3.82. The molecule has 1 saturated heterocycles. The summed E-state index contributed by atoms with van der Waals surface area (Å²) in [5, 5.41) is 0. The maximum atomic E-state index is 13.2. The normalized spacial score (nSPS) is 17.0. The molecule has 3 N–H and O–H groups in total. The number of fused-ring (bicyclic) bond motifs is 1. The molecule has 1 fully saturated rings. The van der Waals surface area contributed by atoms with Crippen LogP contribution in [0, 0.1) is 0 Å². The third kappa shape index (κ3) is 3.24. The van der Waals surface area contributed by atoms with E-state index in [-0.39, 0.29) is 21.2 Å². The predicted octanol–water partition coefficient (Wildman–Crippen LogP) is 2.77.